The average molecular weight is 478 g/mol. The number of hydrogen-bond acceptors (Lipinski definition) is 4. The van der Waals surface area contributed by atoms with Crippen LogP contribution < -0.4 is 5.32 Å². The van der Waals surface area contributed by atoms with E-state index in [-0.39, 0.29) is 48.1 Å². The first-order valence-electron chi connectivity index (χ1n) is 10.9. The number of amides is 2. The van der Waals surface area contributed by atoms with Crippen molar-refractivity contribution in [1.82, 2.24) is 14.5 Å². The van der Waals surface area contributed by atoms with Crippen LogP contribution in [0.4, 0.5) is 4.39 Å². The molecule has 33 heavy (non-hydrogen) atoms. The number of benzene rings is 2. The molecular formula is C24H32FN3O4S. The van der Waals surface area contributed by atoms with E-state index in [1.807, 2.05) is 13.8 Å². The molecule has 0 unspecified atom stereocenters. The van der Waals surface area contributed by atoms with Crippen molar-refractivity contribution in [3.63, 3.8) is 0 Å². The number of carbonyl (C=O) groups is 2. The van der Waals surface area contributed by atoms with Crippen LogP contribution in [0.1, 0.15) is 39.2 Å². The second-order valence-electron chi connectivity index (χ2n) is 8.23. The van der Waals surface area contributed by atoms with Gasteiger partial charge in [0.2, 0.25) is 21.8 Å². The monoisotopic (exact) mass is 477 g/mol. The van der Waals surface area contributed by atoms with Gasteiger partial charge in [-0.15, -0.1) is 0 Å². The molecule has 0 aromatic heterocycles. The van der Waals surface area contributed by atoms with E-state index in [0.29, 0.717) is 12.0 Å². The van der Waals surface area contributed by atoms with Crippen LogP contribution in [0.3, 0.4) is 0 Å². The van der Waals surface area contributed by atoms with E-state index in [1.54, 1.807) is 37.3 Å². The third-order valence-electron chi connectivity index (χ3n) is 5.18. The van der Waals surface area contributed by atoms with Crippen molar-refractivity contribution < 1.29 is 22.4 Å². The van der Waals surface area contributed by atoms with Crippen molar-refractivity contribution in [3.05, 3.63) is 66.0 Å². The third kappa shape index (κ3) is 7.64. The van der Waals surface area contributed by atoms with E-state index in [0.717, 1.165) is 0 Å². The number of nitrogens with zero attached hydrogens (tertiary/aromatic N) is 2. The first-order valence-corrected chi connectivity index (χ1v) is 12.3. The van der Waals surface area contributed by atoms with Crippen LogP contribution in [0, 0.1) is 5.82 Å². The number of hydrogen-bond donors (Lipinski definition) is 1. The summed E-state index contributed by atoms with van der Waals surface area (Å²) < 4.78 is 39.8. The van der Waals surface area contributed by atoms with Crippen molar-refractivity contribution in [2.45, 2.75) is 57.1 Å². The molecule has 0 saturated carbocycles. The lowest BCUT2D eigenvalue weighted by atomic mass is 10.1. The summed E-state index contributed by atoms with van der Waals surface area (Å²) >= 11 is 0. The molecular weight excluding hydrogens is 445 g/mol. The smallest absolute Gasteiger partial charge is 0.242 e. The van der Waals surface area contributed by atoms with Crippen LogP contribution in [-0.4, -0.2) is 55.1 Å². The highest BCUT2D eigenvalue weighted by Gasteiger charge is 2.27. The Hall–Kier alpha value is -2.78. The molecule has 0 spiro atoms. The van der Waals surface area contributed by atoms with Gasteiger partial charge >= 0.3 is 0 Å². The van der Waals surface area contributed by atoms with Crippen molar-refractivity contribution in [1.29, 1.82) is 0 Å². The van der Waals surface area contributed by atoms with Crippen LogP contribution in [-0.2, 0) is 26.2 Å². The quantitative estimate of drug-likeness (QED) is 0.539. The molecule has 0 radical (unpaired) electrons. The van der Waals surface area contributed by atoms with E-state index in [9.17, 15) is 22.4 Å². The van der Waals surface area contributed by atoms with Crippen LogP contribution in [0.2, 0.25) is 0 Å². The Morgan fingerprint density at radius 3 is 2.18 bits per heavy atom. The molecule has 2 rings (SSSR count). The minimum absolute atomic E-state index is 0.0646. The van der Waals surface area contributed by atoms with Crippen LogP contribution >= 0.6 is 0 Å². The van der Waals surface area contributed by atoms with Crippen molar-refractivity contribution >= 4 is 21.8 Å². The van der Waals surface area contributed by atoms with Crippen molar-refractivity contribution in [2.75, 3.05) is 13.6 Å². The van der Waals surface area contributed by atoms with Gasteiger partial charge in [-0.2, -0.15) is 0 Å². The molecule has 2 aromatic rings. The van der Waals surface area contributed by atoms with Crippen LogP contribution in [0.25, 0.3) is 0 Å². The Kier molecular flexibility index (Phi) is 9.55. The van der Waals surface area contributed by atoms with Gasteiger partial charge < -0.3 is 10.2 Å². The summed E-state index contributed by atoms with van der Waals surface area (Å²) in [7, 11) is -2.17. The van der Waals surface area contributed by atoms with Gasteiger partial charge in [-0.25, -0.2) is 17.1 Å². The fraction of sp³-hybridized carbons (Fsp3) is 0.417. The molecule has 0 saturated heterocycles. The molecule has 2 amide bonds. The molecule has 0 aliphatic rings. The summed E-state index contributed by atoms with van der Waals surface area (Å²) in [6.45, 7) is 5.61. The maximum absolute atomic E-state index is 13.3. The summed E-state index contributed by atoms with van der Waals surface area (Å²) in [6.07, 6.45) is 0.356. The average Bonchev–Trinajstić information content (AvgIpc) is 2.78. The van der Waals surface area contributed by atoms with Crippen molar-refractivity contribution in [3.8, 4) is 0 Å². The van der Waals surface area contributed by atoms with E-state index < -0.39 is 16.1 Å². The molecule has 0 aliphatic heterocycles. The third-order valence-corrected chi connectivity index (χ3v) is 7.05. The lowest BCUT2D eigenvalue weighted by Crippen LogP contribution is -2.49. The van der Waals surface area contributed by atoms with Gasteiger partial charge in [-0.05, 0) is 57.0 Å². The fourth-order valence-corrected chi connectivity index (χ4v) is 4.49. The molecule has 2 aromatic carbocycles. The van der Waals surface area contributed by atoms with Crippen LogP contribution in [0.5, 0.6) is 0 Å². The van der Waals surface area contributed by atoms with E-state index in [4.69, 9.17) is 0 Å². The summed E-state index contributed by atoms with van der Waals surface area (Å²) in [4.78, 5) is 27.2. The Balaban J connectivity index is 2.07. The lowest BCUT2D eigenvalue weighted by molar-refractivity contribution is -0.140. The molecule has 0 heterocycles. The van der Waals surface area contributed by atoms with E-state index in [2.05, 4.69) is 5.32 Å². The topological polar surface area (TPSA) is 86.8 Å². The largest absolute Gasteiger partial charge is 0.352 e. The molecule has 7 nitrogen and oxygen atoms in total. The maximum Gasteiger partial charge on any atom is 0.242 e. The van der Waals surface area contributed by atoms with Gasteiger partial charge in [-0.1, -0.05) is 30.3 Å². The molecule has 1 atom stereocenters. The fourth-order valence-electron chi connectivity index (χ4n) is 3.26. The van der Waals surface area contributed by atoms with E-state index >= 15 is 0 Å². The second kappa shape index (κ2) is 11.9. The number of carbonyl (C=O) groups excluding carboxylic acids is 2. The number of rotatable bonds is 11. The molecule has 180 valence electrons. The Bertz CT molecular complexity index is 1030. The highest BCUT2D eigenvalue weighted by Crippen LogP contribution is 2.16. The number of sulfonamides is 1. The zero-order valence-electron chi connectivity index (χ0n) is 19.5. The number of nitrogens with one attached hydrogen (secondary N) is 1. The zero-order chi connectivity index (χ0) is 24.6. The second-order valence-corrected chi connectivity index (χ2v) is 10.3. The van der Waals surface area contributed by atoms with Crippen LogP contribution in [0.15, 0.2) is 59.5 Å². The predicted molar refractivity (Wildman–Crippen MR) is 125 cm³/mol. The zero-order valence-corrected chi connectivity index (χ0v) is 20.3. The summed E-state index contributed by atoms with van der Waals surface area (Å²) in [6, 6.07) is 13.0. The SMILES string of the molecule is CC(C)NC(=O)[C@@H](C)N(Cc1ccc(F)cc1)C(=O)CCCN(C)S(=O)(=O)c1ccccc1. The Morgan fingerprint density at radius 1 is 1.00 bits per heavy atom. The van der Waals surface area contributed by atoms with Crippen molar-refractivity contribution in [2.24, 2.45) is 0 Å². The maximum atomic E-state index is 13.3. The van der Waals surface area contributed by atoms with E-state index in [1.165, 1.54) is 40.5 Å². The van der Waals surface area contributed by atoms with Gasteiger partial charge in [0.25, 0.3) is 0 Å². The summed E-state index contributed by atoms with van der Waals surface area (Å²) in [5.41, 5.74) is 0.692. The lowest BCUT2D eigenvalue weighted by Gasteiger charge is -2.29. The first kappa shape index (κ1) is 26.5. The van der Waals surface area contributed by atoms with Gasteiger partial charge in [0.05, 0.1) is 4.90 Å². The Morgan fingerprint density at radius 2 is 1.61 bits per heavy atom. The Labute approximate surface area is 195 Å². The number of halogens is 1. The molecule has 0 aliphatic carbocycles. The highest BCUT2D eigenvalue weighted by molar-refractivity contribution is 7.89. The molecule has 0 fully saturated rings. The first-order chi connectivity index (χ1) is 15.5. The summed E-state index contributed by atoms with van der Waals surface area (Å²) in [5.74, 6) is -0.953. The molecule has 1 N–H and O–H groups in total. The van der Waals surface area contributed by atoms with Gasteiger partial charge in [0.15, 0.2) is 0 Å². The standard InChI is InChI=1S/C24H32FN3O4S/c1-18(2)26-24(30)19(3)28(17-20-12-14-21(25)15-13-20)23(29)11-8-16-27(4)33(31,32)22-9-6-5-7-10-22/h5-7,9-10,12-15,18-19H,8,11,16-17H2,1-4H3,(H,26,30)/t19-/m1/s1. The van der Waals surface area contributed by atoms with Gasteiger partial charge in [0, 0.05) is 32.6 Å². The predicted octanol–water partition coefficient (Wildman–Crippen LogP) is 3.17. The molecule has 9 heteroatoms. The normalized spacial score (nSPS) is 12.6. The minimum atomic E-state index is -3.64. The summed E-state index contributed by atoms with van der Waals surface area (Å²) in [5, 5.41) is 2.80. The molecule has 0 bridgehead atoms. The minimum Gasteiger partial charge on any atom is -0.352 e. The van der Waals surface area contributed by atoms with Gasteiger partial charge in [-0.3, -0.25) is 9.59 Å². The highest BCUT2D eigenvalue weighted by atomic mass is 32.2. The van der Waals surface area contributed by atoms with Gasteiger partial charge in [0.1, 0.15) is 11.9 Å².